The molecule has 0 radical (unpaired) electrons. The number of aliphatic hydroxyl groups excluding tert-OH is 1. The normalized spacial score (nSPS) is 16.4. The van der Waals surface area contributed by atoms with Crippen LogP contribution in [0, 0.1) is 0 Å². The van der Waals surface area contributed by atoms with Gasteiger partial charge in [0.05, 0.1) is 19.3 Å². The highest BCUT2D eigenvalue weighted by molar-refractivity contribution is 5.82. The van der Waals surface area contributed by atoms with Crippen LogP contribution in [-0.2, 0) is 4.74 Å². The third-order valence-corrected chi connectivity index (χ3v) is 5.50. The SMILES string of the molecule is COc1ccc2c(c1)N(C[C@H](O)CNC(=O)OC(C)(C)C)C(c1cc3ccccc3[nH]1)C=C2. The molecule has 1 amide bonds. The molecule has 1 aliphatic rings. The van der Waals surface area contributed by atoms with Crippen LogP contribution in [0.15, 0.2) is 54.6 Å². The second-order valence-corrected chi connectivity index (χ2v) is 9.23. The summed E-state index contributed by atoms with van der Waals surface area (Å²) >= 11 is 0. The number of methoxy groups -OCH3 is 1. The van der Waals surface area contributed by atoms with Crippen LogP contribution in [0.1, 0.15) is 38.1 Å². The monoisotopic (exact) mass is 449 g/mol. The van der Waals surface area contributed by atoms with Gasteiger partial charge in [-0.25, -0.2) is 4.79 Å². The van der Waals surface area contributed by atoms with Crippen LogP contribution < -0.4 is 15.0 Å². The molecule has 4 rings (SSSR count). The molecule has 2 heterocycles. The van der Waals surface area contributed by atoms with Crippen molar-refractivity contribution in [2.24, 2.45) is 0 Å². The van der Waals surface area contributed by atoms with E-state index in [1.54, 1.807) is 27.9 Å². The van der Waals surface area contributed by atoms with Crippen molar-refractivity contribution >= 4 is 28.8 Å². The molecule has 0 spiro atoms. The molecule has 0 bridgehead atoms. The van der Waals surface area contributed by atoms with E-state index in [0.29, 0.717) is 6.54 Å². The third-order valence-electron chi connectivity index (χ3n) is 5.50. The van der Waals surface area contributed by atoms with Gasteiger partial charge in [0.2, 0.25) is 0 Å². The van der Waals surface area contributed by atoms with Crippen molar-refractivity contribution in [1.82, 2.24) is 10.3 Å². The minimum Gasteiger partial charge on any atom is -0.497 e. The van der Waals surface area contributed by atoms with Gasteiger partial charge in [-0.1, -0.05) is 30.4 Å². The molecular weight excluding hydrogens is 418 g/mol. The lowest BCUT2D eigenvalue weighted by molar-refractivity contribution is 0.0494. The Kier molecular flexibility index (Phi) is 6.33. The molecular formula is C26H31N3O4. The van der Waals surface area contributed by atoms with Gasteiger partial charge < -0.3 is 29.8 Å². The quantitative estimate of drug-likeness (QED) is 0.511. The number of nitrogens with zero attached hydrogens (tertiary/aromatic N) is 1. The number of β-amino-alcohol motifs (C(OH)–C–C–N with tert-alkyl or cyclic N) is 1. The first kappa shape index (κ1) is 22.7. The van der Waals surface area contributed by atoms with E-state index in [2.05, 4.69) is 39.5 Å². The zero-order valence-corrected chi connectivity index (χ0v) is 19.5. The second-order valence-electron chi connectivity index (χ2n) is 9.23. The second kappa shape index (κ2) is 9.19. The summed E-state index contributed by atoms with van der Waals surface area (Å²) in [6.07, 6.45) is 2.85. The van der Waals surface area contributed by atoms with E-state index in [1.807, 2.05) is 36.4 Å². The largest absolute Gasteiger partial charge is 0.497 e. The highest BCUT2D eigenvalue weighted by Gasteiger charge is 2.28. The summed E-state index contributed by atoms with van der Waals surface area (Å²) in [4.78, 5) is 17.7. The number of fused-ring (bicyclic) bond motifs is 2. The fourth-order valence-corrected chi connectivity index (χ4v) is 4.03. The standard InChI is InChI=1S/C26H31N3O4/c1-26(2,3)33-25(31)27-15-19(30)16-29-23(22-13-18-7-5-6-8-21(18)28-22)12-10-17-9-11-20(32-4)14-24(17)29/h5-14,19,23,28,30H,15-16H2,1-4H3,(H,27,31)/t19-,23?/m1/s1. The summed E-state index contributed by atoms with van der Waals surface area (Å²) in [6, 6.07) is 16.1. The van der Waals surface area contributed by atoms with Crippen molar-refractivity contribution in [3.05, 3.63) is 65.9 Å². The number of aromatic amines is 1. The zero-order valence-electron chi connectivity index (χ0n) is 19.5. The summed E-state index contributed by atoms with van der Waals surface area (Å²) in [7, 11) is 1.64. The lowest BCUT2D eigenvalue weighted by Crippen LogP contribution is -2.43. The first-order valence-corrected chi connectivity index (χ1v) is 11.1. The van der Waals surface area contributed by atoms with E-state index >= 15 is 0 Å². The first-order valence-electron chi connectivity index (χ1n) is 11.1. The number of carbonyl (C=O) groups is 1. The number of benzene rings is 2. The number of alkyl carbamates (subject to hydrolysis) is 1. The summed E-state index contributed by atoms with van der Waals surface area (Å²) in [5.41, 5.74) is 3.48. The Morgan fingerprint density at radius 1 is 1.21 bits per heavy atom. The maximum atomic E-state index is 12.0. The average molecular weight is 450 g/mol. The van der Waals surface area contributed by atoms with E-state index in [9.17, 15) is 9.90 Å². The number of ether oxygens (including phenoxy) is 2. The Hall–Kier alpha value is -3.45. The average Bonchev–Trinajstić information content (AvgIpc) is 3.20. The van der Waals surface area contributed by atoms with Gasteiger partial charge in [0.25, 0.3) is 0 Å². The van der Waals surface area contributed by atoms with Gasteiger partial charge >= 0.3 is 6.09 Å². The van der Waals surface area contributed by atoms with Crippen LogP contribution in [0.25, 0.3) is 17.0 Å². The molecule has 1 aliphatic heterocycles. The number of amides is 1. The topological polar surface area (TPSA) is 86.8 Å². The Labute approximate surface area is 194 Å². The molecule has 3 aromatic rings. The molecule has 1 aromatic heterocycles. The molecule has 0 saturated heterocycles. The van der Waals surface area contributed by atoms with Gasteiger partial charge in [0.15, 0.2) is 0 Å². The van der Waals surface area contributed by atoms with Crippen LogP contribution >= 0.6 is 0 Å². The Morgan fingerprint density at radius 2 is 2.00 bits per heavy atom. The molecule has 3 N–H and O–H groups in total. The lowest BCUT2D eigenvalue weighted by Gasteiger charge is -2.37. The maximum Gasteiger partial charge on any atom is 0.407 e. The molecule has 7 heteroatoms. The van der Waals surface area contributed by atoms with E-state index in [4.69, 9.17) is 9.47 Å². The molecule has 7 nitrogen and oxygen atoms in total. The molecule has 0 aliphatic carbocycles. The summed E-state index contributed by atoms with van der Waals surface area (Å²) in [5.74, 6) is 0.741. The van der Waals surface area contributed by atoms with Gasteiger partial charge in [0.1, 0.15) is 11.4 Å². The van der Waals surface area contributed by atoms with Crippen LogP contribution in [-0.4, -0.2) is 48.1 Å². The first-order chi connectivity index (χ1) is 15.7. The van der Waals surface area contributed by atoms with E-state index in [-0.39, 0.29) is 12.6 Å². The predicted molar refractivity (Wildman–Crippen MR) is 131 cm³/mol. The van der Waals surface area contributed by atoms with Gasteiger partial charge in [-0.3, -0.25) is 0 Å². The van der Waals surface area contributed by atoms with Crippen molar-refractivity contribution < 1.29 is 19.4 Å². The molecule has 1 unspecified atom stereocenters. The fraction of sp³-hybridized carbons (Fsp3) is 0.346. The fourth-order valence-electron chi connectivity index (χ4n) is 4.03. The minimum absolute atomic E-state index is 0.0772. The number of aromatic nitrogens is 1. The Balaban J connectivity index is 1.59. The van der Waals surface area contributed by atoms with Crippen LogP contribution in [0.4, 0.5) is 10.5 Å². The number of hydrogen-bond donors (Lipinski definition) is 3. The highest BCUT2D eigenvalue weighted by atomic mass is 16.6. The number of rotatable bonds is 6. The Bertz CT molecular complexity index is 1130. The number of anilines is 1. The van der Waals surface area contributed by atoms with Gasteiger partial charge in [-0.05, 0) is 56.0 Å². The van der Waals surface area contributed by atoms with Gasteiger partial charge in [-0.2, -0.15) is 0 Å². The number of para-hydroxylation sites is 1. The maximum absolute atomic E-state index is 12.0. The third kappa shape index (κ3) is 5.31. The zero-order chi connectivity index (χ0) is 23.6. The van der Waals surface area contributed by atoms with Crippen LogP contribution in [0.5, 0.6) is 5.75 Å². The summed E-state index contributed by atoms with van der Waals surface area (Å²) in [5, 5.41) is 14.6. The molecule has 174 valence electrons. The Morgan fingerprint density at radius 3 is 2.73 bits per heavy atom. The van der Waals surface area contributed by atoms with Crippen molar-refractivity contribution in [1.29, 1.82) is 0 Å². The predicted octanol–water partition coefficient (Wildman–Crippen LogP) is 4.64. The summed E-state index contributed by atoms with van der Waals surface area (Å²) < 4.78 is 10.7. The molecule has 0 fully saturated rings. The van der Waals surface area contributed by atoms with Crippen molar-refractivity contribution in [2.45, 2.75) is 38.5 Å². The van der Waals surface area contributed by atoms with Crippen LogP contribution in [0.3, 0.4) is 0 Å². The number of H-pyrrole nitrogens is 1. The highest BCUT2D eigenvalue weighted by Crippen LogP contribution is 2.39. The number of aliphatic hydroxyl groups is 1. The van der Waals surface area contributed by atoms with E-state index in [1.165, 1.54) is 0 Å². The number of carbonyl (C=O) groups excluding carboxylic acids is 1. The van der Waals surface area contributed by atoms with Crippen molar-refractivity contribution in [3.63, 3.8) is 0 Å². The molecule has 2 aromatic carbocycles. The van der Waals surface area contributed by atoms with E-state index in [0.717, 1.165) is 33.6 Å². The minimum atomic E-state index is -0.810. The van der Waals surface area contributed by atoms with E-state index < -0.39 is 17.8 Å². The smallest absolute Gasteiger partial charge is 0.407 e. The van der Waals surface area contributed by atoms with Crippen molar-refractivity contribution in [2.75, 3.05) is 25.1 Å². The lowest BCUT2D eigenvalue weighted by atomic mass is 9.99. The molecule has 33 heavy (non-hydrogen) atoms. The van der Waals surface area contributed by atoms with Crippen molar-refractivity contribution in [3.8, 4) is 5.75 Å². The summed E-state index contributed by atoms with van der Waals surface area (Å²) in [6.45, 7) is 5.79. The molecule has 0 saturated carbocycles. The number of nitrogens with one attached hydrogen (secondary N) is 2. The van der Waals surface area contributed by atoms with Crippen LogP contribution in [0.2, 0.25) is 0 Å². The molecule has 2 atom stereocenters. The van der Waals surface area contributed by atoms with Gasteiger partial charge in [-0.15, -0.1) is 0 Å². The van der Waals surface area contributed by atoms with Gasteiger partial charge in [0, 0.05) is 36.1 Å². The number of hydrogen-bond acceptors (Lipinski definition) is 5.